The van der Waals surface area contributed by atoms with Gasteiger partial charge in [0.25, 0.3) is 0 Å². The highest BCUT2D eigenvalue weighted by molar-refractivity contribution is 5.91. The third-order valence-corrected chi connectivity index (χ3v) is 3.37. The Kier molecular flexibility index (Phi) is 2.41. The zero-order valence-electron chi connectivity index (χ0n) is 11.1. The van der Waals surface area contributed by atoms with Crippen molar-refractivity contribution in [3.8, 4) is 11.4 Å². The molecule has 0 amide bonds. The number of rotatable bonds is 2. The fraction of sp³-hybridized carbons (Fsp3) is 0.0714. The van der Waals surface area contributed by atoms with Gasteiger partial charge < -0.3 is 10.3 Å². The van der Waals surface area contributed by atoms with Crippen molar-refractivity contribution in [2.75, 3.05) is 12.4 Å². The van der Waals surface area contributed by atoms with E-state index in [0.717, 1.165) is 5.52 Å². The smallest absolute Gasteiger partial charge is 0.184 e. The fourth-order valence-electron chi connectivity index (χ4n) is 2.40. The van der Waals surface area contributed by atoms with Crippen LogP contribution in [0.2, 0.25) is 0 Å². The number of fused-ring (bicyclic) bond motifs is 2. The molecule has 0 aliphatic heterocycles. The van der Waals surface area contributed by atoms with Gasteiger partial charge in [-0.05, 0) is 18.2 Å². The zero-order valence-corrected chi connectivity index (χ0v) is 11.1. The van der Waals surface area contributed by atoms with Gasteiger partial charge in [-0.3, -0.25) is 0 Å². The van der Waals surface area contributed by atoms with Crippen LogP contribution in [0.1, 0.15) is 0 Å². The van der Waals surface area contributed by atoms with Crippen LogP contribution >= 0.6 is 0 Å². The molecule has 4 heterocycles. The molecule has 2 N–H and O–H groups in total. The minimum atomic E-state index is -0.390. The number of halogens is 1. The van der Waals surface area contributed by atoms with Crippen LogP contribution in [0, 0.1) is 5.82 Å². The number of hydrogen-bond donors (Lipinski definition) is 2. The van der Waals surface area contributed by atoms with Gasteiger partial charge >= 0.3 is 0 Å². The van der Waals surface area contributed by atoms with Gasteiger partial charge in [0.05, 0.1) is 6.20 Å². The second-order valence-corrected chi connectivity index (χ2v) is 4.62. The van der Waals surface area contributed by atoms with Gasteiger partial charge in [-0.25, -0.2) is 18.9 Å². The lowest BCUT2D eigenvalue weighted by atomic mass is 10.2. The molecule has 7 heteroatoms. The summed E-state index contributed by atoms with van der Waals surface area (Å²) in [6.45, 7) is 0. The number of nitrogens with one attached hydrogen (secondary N) is 2. The third-order valence-electron chi connectivity index (χ3n) is 3.37. The molecule has 4 aromatic rings. The lowest BCUT2D eigenvalue weighted by Gasteiger charge is -2.05. The first-order valence-corrected chi connectivity index (χ1v) is 6.42. The minimum absolute atomic E-state index is 0.390. The Morgan fingerprint density at radius 2 is 2.29 bits per heavy atom. The van der Waals surface area contributed by atoms with E-state index >= 15 is 0 Å². The molecule has 0 atom stereocenters. The van der Waals surface area contributed by atoms with E-state index in [1.165, 1.54) is 12.3 Å². The van der Waals surface area contributed by atoms with E-state index in [1.54, 1.807) is 17.8 Å². The van der Waals surface area contributed by atoms with E-state index < -0.39 is 0 Å². The molecular formula is C14H11FN6. The molecule has 4 aromatic heterocycles. The Hall–Kier alpha value is -2.96. The van der Waals surface area contributed by atoms with E-state index in [1.807, 2.05) is 18.3 Å². The molecule has 0 bridgehead atoms. The van der Waals surface area contributed by atoms with Crippen molar-refractivity contribution in [1.82, 2.24) is 24.6 Å². The van der Waals surface area contributed by atoms with E-state index in [4.69, 9.17) is 0 Å². The van der Waals surface area contributed by atoms with E-state index in [-0.39, 0.29) is 5.82 Å². The lowest BCUT2D eigenvalue weighted by molar-refractivity contribution is 0.624. The average Bonchev–Trinajstić information content (AvgIpc) is 3.11. The molecule has 0 unspecified atom stereocenters. The maximum atomic E-state index is 13.4. The van der Waals surface area contributed by atoms with Crippen molar-refractivity contribution in [3.05, 3.63) is 42.6 Å². The molecule has 6 nitrogen and oxygen atoms in total. The summed E-state index contributed by atoms with van der Waals surface area (Å²) in [5.41, 5.74) is 2.20. The number of pyridine rings is 1. The highest BCUT2D eigenvalue weighted by atomic mass is 19.1. The predicted molar refractivity (Wildman–Crippen MR) is 77.6 cm³/mol. The molecule has 21 heavy (non-hydrogen) atoms. The number of H-pyrrole nitrogens is 1. The summed E-state index contributed by atoms with van der Waals surface area (Å²) in [6, 6.07) is 5.24. The number of hydrogen-bond acceptors (Lipinski definition) is 4. The summed E-state index contributed by atoms with van der Waals surface area (Å²) < 4.78 is 15.2. The van der Waals surface area contributed by atoms with Crippen molar-refractivity contribution in [3.63, 3.8) is 0 Å². The highest BCUT2D eigenvalue weighted by Gasteiger charge is 2.13. The Morgan fingerprint density at radius 1 is 1.38 bits per heavy atom. The maximum absolute atomic E-state index is 13.4. The fourth-order valence-corrected chi connectivity index (χ4v) is 2.40. The monoisotopic (exact) mass is 282 g/mol. The maximum Gasteiger partial charge on any atom is 0.184 e. The van der Waals surface area contributed by atoms with Crippen LogP contribution in [0.15, 0.2) is 36.8 Å². The molecule has 4 rings (SSSR count). The zero-order chi connectivity index (χ0) is 14.4. The van der Waals surface area contributed by atoms with Gasteiger partial charge in [0.15, 0.2) is 11.6 Å². The van der Waals surface area contributed by atoms with E-state index in [2.05, 4.69) is 25.4 Å². The van der Waals surface area contributed by atoms with Crippen molar-refractivity contribution < 1.29 is 4.39 Å². The van der Waals surface area contributed by atoms with Gasteiger partial charge in [0, 0.05) is 30.4 Å². The van der Waals surface area contributed by atoms with Gasteiger partial charge in [-0.15, -0.1) is 5.10 Å². The Morgan fingerprint density at radius 3 is 3.14 bits per heavy atom. The summed E-state index contributed by atoms with van der Waals surface area (Å²) in [7, 11) is 1.80. The second-order valence-electron chi connectivity index (χ2n) is 4.62. The summed E-state index contributed by atoms with van der Waals surface area (Å²) >= 11 is 0. The largest absolute Gasteiger partial charge is 0.371 e. The first-order chi connectivity index (χ1) is 10.3. The van der Waals surface area contributed by atoms with Crippen LogP contribution in [-0.4, -0.2) is 31.6 Å². The molecule has 0 fully saturated rings. The number of aromatic nitrogens is 5. The molecule has 104 valence electrons. The molecule has 0 radical (unpaired) electrons. The topological polar surface area (TPSA) is 70.9 Å². The van der Waals surface area contributed by atoms with Crippen molar-refractivity contribution in [1.29, 1.82) is 0 Å². The van der Waals surface area contributed by atoms with E-state index in [0.29, 0.717) is 28.2 Å². The van der Waals surface area contributed by atoms with E-state index in [9.17, 15) is 4.39 Å². The second kappa shape index (κ2) is 4.27. The first-order valence-electron chi connectivity index (χ1n) is 6.42. The number of nitrogens with zero attached hydrogens (tertiary/aromatic N) is 4. The average molecular weight is 282 g/mol. The predicted octanol–water partition coefficient (Wildman–Crippen LogP) is 2.45. The Bertz CT molecular complexity index is 955. The number of anilines is 1. The Labute approximate surface area is 118 Å². The van der Waals surface area contributed by atoms with Gasteiger partial charge in [-0.1, -0.05) is 0 Å². The van der Waals surface area contributed by atoms with Crippen molar-refractivity contribution in [2.24, 2.45) is 0 Å². The summed E-state index contributed by atoms with van der Waals surface area (Å²) in [5, 5.41) is 8.16. The van der Waals surface area contributed by atoms with Gasteiger partial charge in [0.2, 0.25) is 0 Å². The molecule has 0 aromatic carbocycles. The lowest BCUT2D eigenvalue weighted by Crippen LogP contribution is -2.02. The van der Waals surface area contributed by atoms with Gasteiger partial charge in [0.1, 0.15) is 17.0 Å². The standard InChI is InChI=1S/C14H11FN6/c1-16-14-11-3-2-4-21(11)20-13(19-14)10-7-18-12-9(10)5-8(15)6-17-12/h2-7H,1H3,(H,17,18)(H,16,19,20). The quantitative estimate of drug-likeness (QED) is 0.592. The van der Waals surface area contributed by atoms with Crippen LogP contribution in [0.5, 0.6) is 0 Å². The number of aromatic amines is 1. The van der Waals surface area contributed by atoms with Crippen molar-refractivity contribution >= 4 is 22.4 Å². The van der Waals surface area contributed by atoms with Crippen LogP contribution in [-0.2, 0) is 0 Å². The normalized spacial score (nSPS) is 11.3. The first kappa shape index (κ1) is 11.8. The summed E-state index contributed by atoms with van der Waals surface area (Å²) in [6.07, 6.45) is 4.76. The molecule has 0 saturated carbocycles. The third kappa shape index (κ3) is 1.74. The SMILES string of the molecule is CNc1nc(-c2c[nH]c3ncc(F)cc23)nn2cccc12. The van der Waals surface area contributed by atoms with Crippen LogP contribution in [0.4, 0.5) is 10.2 Å². The highest BCUT2D eigenvalue weighted by Crippen LogP contribution is 2.27. The molecule has 0 aliphatic rings. The molecule has 0 spiro atoms. The van der Waals surface area contributed by atoms with Crippen LogP contribution in [0.25, 0.3) is 27.9 Å². The molecule has 0 aliphatic carbocycles. The minimum Gasteiger partial charge on any atom is -0.371 e. The summed E-state index contributed by atoms with van der Waals surface area (Å²) in [5.74, 6) is 0.824. The van der Waals surface area contributed by atoms with Gasteiger partial charge in [-0.2, -0.15) is 0 Å². The molecular weight excluding hydrogens is 271 g/mol. The summed E-state index contributed by atoms with van der Waals surface area (Å²) in [4.78, 5) is 11.5. The van der Waals surface area contributed by atoms with Crippen molar-refractivity contribution in [2.45, 2.75) is 0 Å². The molecule has 0 saturated heterocycles. The van der Waals surface area contributed by atoms with Crippen LogP contribution < -0.4 is 5.32 Å². The Balaban J connectivity index is 2.01. The van der Waals surface area contributed by atoms with Crippen LogP contribution in [0.3, 0.4) is 0 Å².